The molecule has 0 unspecified atom stereocenters. The van der Waals surface area contributed by atoms with Crippen molar-refractivity contribution in [3.05, 3.63) is 76.3 Å². The van der Waals surface area contributed by atoms with Crippen molar-refractivity contribution in [1.29, 1.82) is 0 Å². The Morgan fingerprint density at radius 1 is 0.607 bits per heavy atom. The van der Waals surface area contributed by atoms with Gasteiger partial charge >= 0.3 is 7.82 Å². The lowest BCUT2D eigenvalue weighted by atomic mass is 9.83. The van der Waals surface area contributed by atoms with Gasteiger partial charge in [-0.15, -0.1) is 0 Å². The molecule has 2 N–H and O–H groups in total. The maximum absolute atomic E-state index is 11.7. The molecule has 0 heterocycles. The van der Waals surface area contributed by atoms with E-state index in [0.29, 0.717) is 0 Å². The van der Waals surface area contributed by atoms with Crippen LogP contribution in [0.15, 0.2) is 48.5 Å². The fourth-order valence-electron chi connectivity index (χ4n) is 3.88. The van der Waals surface area contributed by atoms with Crippen molar-refractivity contribution < 1.29 is 18.9 Å². The lowest BCUT2D eigenvalue weighted by Crippen LogP contribution is -2.01. The monoisotopic (exact) mass is 396 g/mol. The molecule has 5 heteroatoms. The largest absolute Gasteiger partial charge is 0.524 e. The quantitative estimate of drug-likeness (QED) is 0.528. The first-order chi connectivity index (χ1) is 13.1. The molecular formula is C23H25O4P. The molecule has 4 nitrogen and oxygen atoms in total. The highest BCUT2D eigenvalue weighted by atomic mass is 31.2. The normalized spacial score (nSPS) is 11.5. The summed E-state index contributed by atoms with van der Waals surface area (Å²) in [5, 5.41) is 0. The summed E-state index contributed by atoms with van der Waals surface area (Å²) in [5.41, 5.74) is 8.93. The second kappa shape index (κ2) is 7.56. The van der Waals surface area contributed by atoms with E-state index in [0.717, 1.165) is 50.1 Å². The van der Waals surface area contributed by atoms with Gasteiger partial charge in [-0.25, -0.2) is 4.57 Å². The van der Waals surface area contributed by atoms with Gasteiger partial charge in [-0.2, -0.15) is 0 Å². The Hall–Kier alpha value is -2.39. The standard InChI is InChI=1S/C23H25O4P/c1-14-8-6-9-15(2)20(14)22-18(5)12-13-19(27-28(24,25)26)23(22)21-16(3)10-7-11-17(21)4/h6-13H,1-5H3,(H2,24,25,26). The first-order valence-electron chi connectivity index (χ1n) is 9.12. The highest BCUT2D eigenvalue weighted by Gasteiger charge is 2.25. The molecule has 0 aliphatic carbocycles. The summed E-state index contributed by atoms with van der Waals surface area (Å²) >= 11 is 0. The minimum absolute atomic E-state index is 0.189. The zero-order valence-corrected chi connectivity index (χ0v) is 17.7. The van der Waals surface area contributed by atoms with Gasteiger partial charge in [0.15, 0.2) is 0 Å². The molecule has 0 amide bonds. The average Bonchev–Trinajstić information content (AvgIpc) is 2.57. The van der Waals surface area contributed by atoms with E-state index in [1.54, 1.807) is 6.07 Å². The number of aryl methyl sites for hydroxylation is 5. The molecule has 3 rings (SSSR count). The molecule has 0 bridgehead atoms. The third-order valence-electron chi connectivity index (χ3n) is 5.05. The summed E-state index contributed by atoms with van der Waals surface area (Å²) in [5.74, 6) is 0.189. The summed E-state index contributed by atoms with van der Waals surface area (Å²) in [6.07, 6.45) is 0. The van der Waals surface area contributed by atoms with E-state index < -0.39 is 7.82 Å². The third-order valence-corrected chi connectivity index (χ3v) is 5.49. The predicted octanol–water partition coefficient (Wildman–Crippen LogP) is 6.03. The van der Waals surface area contributed by atoms with Crippen molar-refractivity contribution >= 4 is 7.82 Å². The van der Waals surface area contributed by atoms with Gasteiger partial charge in [0.25, 0.3) is 0 Å². The Morgan fingerprint density at radius 2 is 1.00 bits per heavy atom. The van der Waals surface area contributed by atoms with Crippen LogP contribution in [0.5, 0.6) is 5.75 Å². The minimum Gasteiger partial charge on any atom is -0.404 e. The molecule has 28 heavy (non-hydrogen) atoms. The smallest absolute Gasteiger partial charge is 0.404 e. The molecule has 0 radical (unpaired) electrons. The number of phosphoric ester groups is 1. The molecule has 0 saturated carbocycles. The number of hydrogen-bond acceptors (Lipinski definition) is 2. The van der Waals surface area contributed by atoms with E-state index in [1.807, 2.05) is 77.1 Å². The van der Waals surface area contributed by atoms with Crippen LogP contribution in [0.1, 0.15) is 27.8 Å². The molecule has 0 aromatic heterocycles. The highest BCUT2D eigenvalue weighted by molar-refractivity contribution is 7.46. The Labute approximate surface area is 166 Å². The van der Waals surface area contributed by atoms with Crippen LogP contribution in [0.25, 0.3) is 22.3 Å². The number of hydrogen-bond donors (Lipinski definition) is 2. The zero-order chi connectivity index (χ0) is 20.6. The van der Waals surface area contributed by atoms with Crippen LogP contribution in [0.2, 0.25) is 0 Å². The Balaban J connectivity index is 2.50. The van der Waals surface area contributed by atoms with Gasteiger partial charge in [-0.3, -0.25) is 9.79 Å². The fourth-order valence-corrected chi connectivity index (χ4v) is 4.29. The van der Waals surface area contributed by atoms with E-state index in [-0.39, 0.29) is 5.75 Å². The number of benzene rings is 3. The lowest BCUT2D eigenvalue weighted by Gasteiger charge is -2.23. The molecule has 0 spiro atoms. The van der Waals surface area contributed by atoms with Crippen LogP contribution < -0.4 is 4.52 Å². The Bertz CT molecular complexity index is 1060. The molecule has 3 aromatic rings. The van der Waals surface area contributed by atoms with Crippen LogP contribution >= 0.6 is 7.82 Å². The molecule has 0 fully saturated rings. The van der Waals surface area contributed by atoms with Gasteiger partial charge in [0.05, 0.1) is 0 Å². The second-order valence-corrected chi connectivity index (χ2v) is 8.41. The van der Waals surface area contributed by atoms with Gasteiger partial charge in [-0.05, 0) is 85.2 Å². The summed E-state index contributed by atoms with van der Waals surface area (Å²) in [4.78, 5) is 19.0. The predicted molar refractivity (Wildman–Crippen MR) is 114 cm³/mol. The lowest BCUT2D eigenvalue weighted by molar-refractivity contribution is 0.283. The van der Waals surface area contributed by atoms with Crippen LogP contribution in [0, 0.1) is 34.6 Å². The van der Waals surface area contributed by atoms with Crippen molar-refractivity contribution in [2.45, 2.75) is 34.6 Å². The molecule has 0 saturated heterocycles. The van der Waals surface area contributed by atoms with Crippen molar-refractivity contribution in [2.75, 3.05) is 0 Å². The Morgan fingerprint density at radius 3 is 1.43 bits per heavy atom. The van der Waals surface area contributed by atoms with Crippen molar-refractivity contribution in [3.8, 4) is 28.0 Å². The minimum atomic E-state index is -4.72. The molecule has 146 valence electrons. The van der Waals surface area contributed by atoms with Crippen LogP contribution in [0.3, 0.4) is 0 Å². The second-order valence-electron chi connectivity index (χ2n) is 7.25. The summed E-state index contributed by atoms with van der Waals surface area (Å²) in [6.45, 7) is 10.1. The molecule has 0 aliphatic heterocycles. The van der Waals surface area contributed by atoms with Crippen molar-refractivity contribution in [2.24, 2.45) is 0 Å². The summed E-state index contributed by atoms with van der Waals surface area (Å²) < 4.78 is 16.9. The first-order valence-corrected chi connectivity index (χ1v) is 10.6. The number of rotatable bonds is 4. The average molecular weight is 396 g/mol. The van der Waals surface area contributed by atoms with Gasteiger partial charge in [-0.1, -0.05) is 42.5 Å². The third kappa shape index (κ3) is 3.90. The van der Waals surface area contributed by atoms with Crippen LogP contribution in [-0.2, 0) is 4.57 Å². The van der Waals surface area contributed by atoms with E-state index in [2.05, 4.69) is 0 Å². The maximum atomic E-state index is 11.7. The van der Waals surface area contributed by atoms with E-state index in [4.69, 9.17) is 4.52 Å². The molecule has 3 aromatic carbocycles. The van der Waals surface area contributed by atoms with E-state index in [1.165, 1.54) is 0 Å². The highest BCUT2D eigenvalue weighted by Crippen LogP contribution is 2.49. The van der Waals surface area contributed by atoms with Gasteiger partial charge < -0.3 is 4.52 Å². The summed E-state index contributed by atoms with van der Waals surface area (Å²) in [7, 11) is -4.72. The SMILES string of the molecule is Cc1cccc(C)c1-c1c(C)ccc(OP(=O)(O)O)c1-c1c(C)cccc1C. The topological polar surface area (TPSA) is 66.8 Å². The van der Waals surface area contributed by atoms with Gasteiger partial charge in [0, 0.05) is 5.56 Å². The van der Waals surface area contributed by atoms with Gasteiger partial charge in [0.2, 0.25) is 0 Å². The summed E-state index contributed by atoms with van der Waals surface area (Å²) in [6, 6.07) is 15.6. The number of phosphoric acid groups is 1. The first kappa shape index (κ1) is 20.3. The van der Waals surface area contributed by atoms with E-state index in [9.17, 15) is 14.4 Å². The van der Waals surface area contributed by atoms with E-state index >= 15 is 0 Å². The molecular weight excluding hydrogens is 371 g/mol. The van der Waals surface area contributed by atoms with Crippen LogP contribution in [0.4, 0.5) is 0 Å². The van der Waals surface area contributed by atoms with Gasteiger partial charge in [0.1, 0.15) is 5.75 Å². The maximum Gasteiger partial charge on any atom is 0.524 e. The van der Waals surface area contributed by atoms with Crippen molar-refractivity contribution in [3.63, 3.8) is 0 Å². The molecule has 0 aliphatic rings. The molecule has 0 atom stereocenters. The Kier molecular flexibility index (Phi) is 5.49. The zero-order valence-electron chi connectivity index (χ0n) is 16.8. The van der Waals surface area contributed by atoms with Crippen LogP contribution in [-0.4, -0.2) is 9.79 Å². The fraction of sp³-hybridized carbons (Fsp3) is 0.217. The van der Waals surface area contributed by atoms with Crippen molar-refractivity contribution in [1.82, 2.24) is 0 Å².